The predicted molar refractivity (Wildman–Crippen MR) is 103 cm³/mol. The van der Waals surface area contributed by atoms with Crippen LogP contribution in [-0.4, -0.2) is 23.1 Å². The molecule has 1 heterocycles. The van der Waals surface area contributed by atoms with Gasteiger partial charge in [0.15, 0.2) is 0 Å². The Morgan fingerprint density at radius 2 is 1.81 bits per heavy atom. The molecular formula is C20H25N3O3. The van der Waals surface area contributed by atoms with Gasteiger partial charge in [0.1, 0.15) is 5.69 Å². The minimum Gasteiger partial charge on any atom is -0.392 e. The van der Waals surface area contributed by atoms with Crippen molar-refractivity contribution in [1.82, 2.24) is 0 Å². The summed E-state index contributed by atoms with van der Waals surface area (Å²) in [5.41, 5.74) is 3.38. The molecule has 3 rings (SSSR count). The van der Waals surface area contributed by atoms with Crippen molar-refractivity contribution < 1.29 is 10.0 Å². The van der Waals surface area contributed by atoms with Gasteiger partial charge in [-0.05, 0) is 54.2 Å². The number of rotatable bonds is 6. The number of hydrogen-bond acceptors (Lipinski definition) is 5. The molecule has 1 aliphatic rings. The Labute approximate surface area is 153 Å². The minimum absolute atomic E-state index is 0.0151. The molecule has 0 unspecified atom stereocenters. The number of nitro benzene ring substituents is 1. The third-order valence-electron chi connectivity index (χ3n) is 5.01. The highest BCUT2D eigenvalue weighted by molar-refractivity contribution is 5.63. The standard InChI is InChI=1S/C20H25N3O3/c1-15-8-10-22(11-9-15)18-5-2-16(3-6-18)13-21-19-12-17(14-24)4-7-20(19)23(25)26/h2-7,12,15,21,24H,8-11,13-14H2,1H3. The summed E-state index contributed by atoms with van der Waals surface area (Å²) >= 11 is 0. The van der Waals surface area contributed by atoms with Crippen LogP contribution in [0.3, 0.4) is 0 Å². The fourth-order valence-corrected chi connectivity index (χ4v) is 3.27. The van der Waals surface area contributed by atoms with E-state index in [4.69, 9.17) is 0 Å². The molecule has 0 atom stereocenters. The van der Waals surface area contributed by atoms with Crippen molar-refractivity contribution in [2.24, 2.45) is 5.92 Å². The van der Waals surface area contributed by atoms with Crippen LogP contribution in [0.25, 0.3) is 0 Å². The zero-order valence-corrected chi connectivity index (χ0v) is 15.0. The SMILES string of the molecule is CC1CCN(c2ccc(CNc3cc(CO)ccc3[N+](=O)[O-])cc2)CC1. The molecule has 0 radical (unpaired) electrons. The fraction of sp³-hybridized carbons (Fsp3) is 0.400. The van der Waals surface area contributed by atoms with Gasteiger partial charge in [0, 0.05) is 31.4 Å². The zero-order chi connectivity index (χ0) is 18.5. The summed E-state index contributed by atoms with van der Waals surface area (Å²) in [4.78, 5) is 13.2. The number of piperidine rings is 1. The molecule has 6 heteroatoms. The largest absolute Gasteiger partial charge is 0.392 e. The highest BCUT2D eigenvalue weighted by Crippen LogP contribution is 2.27. The molecule has 2 N–H and O–H groups in total. The third kappa shape index (κ3) is 4.32. The lowest BCUT2D eigenvalue weighted by molar-refractivity contribution is -0.384. The monoisotopic (exact) mass is 355 g/mol. The molecule has 0 saturated carbocycles. The van der Waals surface area contributed by atoms with Crippen LogP contribution in [0.15, 0.2) is 42.5 Å². The van der Waals surface area contributed by atoms with Crippen molar-refractivity contribution in [3.63, 3.8) is 0 Å². The van der Waals surface area contributed by atoms with Gasteiger partial charge in [0.2, 0.25) is 0 Å². The van der Waals surface area contributed by atoms with E-state index in [0.717, 1.165) is 24.6 Å². The molecule has 0 amide bonds. The van der Waals surface area contributed by atoms with Crippen molar-refractivity contribution in [1.29, 1.82) is 0 Å². The summed E-state index contributed by atoms with van der Waals surface area (Å²) in [5, 5.41) is 23.5. The van der Waals surface area contributed by atoms with Gasteiger partial charge in [-0.1, -0.05) is 19.1 Å². The minimum atomic E-state index is -0.413. The van der Waals surface area contributed by atoms with E-state index < -0.39 is 4.92 Å². The second-order valence-electron chi connectivity index (χ2n) is 6.96. The first-order valence-corrected chi connectivity index (χ1v) is 9.02. The summed E-state index contributed by atoms with van der Waals surface area (Å²) < 4.78 is 0. The normalized spacial score (nSPS) is 15.1. The average molecular weight is 355 g/mol. The number of nitrogens with zero attached hydrogens (tertiary/aromatic N) is 2. The van der Waals surface area contributed by atoms with Gasteiger partial charge < -0.3 is 15.3 Å². The van der Waals surface area contributed by atoms with Crippen molar-refractivity contribution in [3.05, 3.63) is 63.7 Å². The molecule has 1 aliphatic heterocycles. The van der Waals surface area contributed by atoms with Crippen LogP contribution in [0.2, 0.25) is 0 Å². The van der Waals surface area contributed by atoms with E-state index in [2.05, 4.69) is 41.4 Å². The second kappa shape index (κ2) is 8.19. The summed E-state index contributed by atoms with van der Waals surface area (Å²) in [5.74, 6) is 0.806. The van der Waals surface area contributed by atoms with E-state index in [9.17, 15) is 15.2 Å². The number of benzene rings is 2. The van der Waals surface area contributed by atoms with Crippen LogP contribution in [0.4, 0.5) is 17.1 Å². The van der Waals surface area contributed by atoms with Gasteiger partial charge in [-0.2, -0.15) is 0 Å². The second-order valence-corrected chi connectivity index (χ2v) is 6.96. The maximum absolute atomic E-state index is 11.2. The molecular weight excluding hydrogens is 330 g/mol. The highest BCUT2D eigenvalue weighted by atomic mass is 16.6. The number of aliphatic hydroxyl groups excluding tert-OH is 1. The van der Waals surface area contributed by atoms with E-state index in [1.165, 1.54) is 24.6 Å². The lowest BCUT2D eigenvalue weighted by atomic mass is 9.99. The molecule has 26 heavy (non-hydrogen) atoms. The van der Waals surface area contributed by atoms with Gasteiger partial charge >= 0.3 is 0 Å². The molecule has 138 valence electrons. The number of aliphatic hydroxyl groups is 1. The Bertz CT molecular complexity index is 753. The summed E-state index contributed by atoms with van der Waals surface area (Å²) in [7, 11) is 0. The van der Waals surface area contributed by atoms with Crippen LogP contribution in [-0.2, 0) is 13.2 Å². The maximum atomic E-state index is 11.2. The molecule has 1 fully saturated rings. The molecule has 1 saturated heterocycles. The van der Waals surface area contributed by atoms with Gasteiger partial charge in [0.25, 0.3) is 5.69 Å². The molecule has 0 bridgehead atoms. The molecule has 0 spiro atoms. The Kier molecular flexibility index (Phi) is 5.73. The Morgan fingerprint density at radius 3 is 2.42 bits per heavy atom. The van der Waals surface area contributed by atoms with Gasteiger partial charge in [0.05, 0.1) is 11.5 Å². The molecule has 2 aromatic carbocycles. The lowest BCUT2D eigenvalue weighted by Gasteiger charge is -2.32. The van der Waals surface area contributed by atoms with E-state index in [1.54, 1.807) is 12.1 Å². The smallest absolute Gasteiger partial charge is 0.292 e. The average Bonchev–Trinajstić information content (AvgIpc) is 2.67. The summed E-state index contributed by atoms with van der Waals surface area (Å²) in [6.45, 7) is 4.85. The van der Waals surface area contributed by atoms with E-state index in [0.29, 0.717) is 17.8 Å². The Morgan fingerprint density at radius 1 is 1.15 bits per heavy atom. The number of anilines is 2. The third-order valence-corrected chi connectivity index (χ3v) is 5.01. The molecule has 6 nitrogen and oxygen atoms in total. The molecule has 2 aromatic rings. The Balaban J connectivity index is 1.66. The van der Waals surface area contributed by atoms with Gasteiger partial charge in [-0.15, -0.1) is 0 Å². The Hall–Kier alpha value is -2.60. The first-order valence-electron chi connectivity index (χ1n) is 9.02. The fourth-order valence-electron chi connectivity index (χ4n) is 3.27. The van der Waals surface area contributed by atoms with Crippen molar-refractivity contribution in [2.75, 3.05) is 23.3 Å². The zero-order valence-electron chi connectivity index (χ0n) is 15.0. The van der Waals surface area contributed by atoms with Crippen LogP contribution >= 0.6 is 0 Å². The number of hydrogen-bond donors (Lipinski definition) is 2. The number of nitrogens with one attached hydrogen (secondary N) is 1. The predicted octanol–water partition coefficient (Wildman–Crippen LogP) is 3.94. The van der Waals surface area contributed by atoms with Crippen LogP contribution < -0.4 is 10.2 Å². The summed E-state index contributed by atoms with van der Waals surface area (Å²) in [6.07, 6.45) is 2.46. The van der Waals surface area contributed by atoms with Crippen LogP contribution in [0.5, 0.6) is 0 Å². The van der Waals surface area contributed by atoms with E-state index in [1.807, 2.05) is 0 Å². The van der Waals surface area contributed by atoms with Crippen molar-refractivity contribution in [3.8, 4) is 0 Å². The molecule has 0 aliphatic carbocycles. The van der Waals surface area contributed by atoms with Gasteiger partial charge in [-0.3, -0.25) is 10.1 Å². The number of nitro groups is 1. The van der Waals surface area contributed by atoms with E-state index >= 15 is 0 Å². The summed E-state index contributed by atoms with van der Waals surface area (Å²) in [6, 6.07) is 13.0. The maximum Gasteiger partial charge on any atom is 0.292 e. The van der Waals surface area contributed by atoms with E-state index in [-0.39, 0.29) is 12.3 Å². The van der Waals surface area contributed by atoms with Crippen LogP contribution in [0, 0.1) is 16.0 Å². The first kappa shape index (κ1) is 18.2. The van der Waals surface area contributed by atoms with Crippen LogP contribution in [0.1, 0.15) is 30.9 Å². The topological polar surface area (TPSA) is 78.6 Å². The quantitative estimate of drug-likeness (QED) is 0.606. The first-order chi connectivity index (χ1) is 12.6. The van der Waals surface area contributed by atoms with Crippen molar-refractivity contribution >= 4 is 17.1 Å². The molecule has 0 aromatic heterocycles. The lowest BCUT2D eigenvalue weighted by Crippen LogP contribution is -2.32. The van der Waals surface area contributed by atoms with Crippen molar-refractivity contribution in [2.45, 2.75) is 32.9 Å². The van der Waals surface area contributed by atoms with Gasteiger partial charge in [-0.25, -0.2) is 0 Å². The highest BCUT2D eigenvalue weighted by Gasteiger charge is 2.16.